The van der Waals surface area contributed by atoms with Crippen LogP contribution in [0.25, 0.3) is 0 Å². The van der Waals surface area contributed by atoms with Crippen molar-refractivity contribution < 1.29 is 33.1 Å². The quantitative estimate of drug-likeness (QED) is 0.585. The SMILES string of the molecule is CC(=O)NC(Cc1ccccc1)C(=O)C(F)(F)C(=O)Nc1cccc(C(=O)O)c1. The number of rotatable bonds is 8. The Morgan fingerprint density at radius 3 is 2.28 bits per heavy atom. The maximum absolute atomic E-state index is 14.5. The first-order valence-corrected chi connectivity index (χ1v) is 8.49. The second-order valence-electron chi connectivity index (χ2n) is 6.22. The summed E-state index contributed by atoms with van der Waals surface area (Å²) in [4.78, 5) is 46.8. The molecule has 2 amide bonds. The van der Waals surface area contributed by atoms with Gasteiger partial charge in [-0.3, -0.25) is 14.4 Å². The molecule has 0 aliphatic carbocycles. The number of hydrogen-bond acceptors (Lipinski definition) is 4. The van der Waals surface area contributed by atoms with Gasteiger partial charge in [0.25, 0.3) is 0 Å². The van der Waals surface area contributed by atoms with E-state index < -0.39 is 35.5 Å². The zero-order valence-corrected chi connectivity index (χ0v) is 15.3. The van der Waals surface area contributed by atoms with Gasteiger partial charge in [0.1, 0.15) is 0 Å². The highest BCUT2D eigenvalue weighted by atomic mass is 19.3. The van der Waals surface area contributed by atoms with Crippen molar-refractivity contribution in [3.05, 3.63) is 65.7 Å². The van der Waals surface area contributed by atoms with E-state index in [0.717, 1.165) is 13.0 Å². The number of ketones is 1. The topological polar surface area (TPSA) is 113 Å². The number of Topliss-reactive ketones (excluding diaryl/α,β-unsaturated/α-hetero) is 1. The highest BCUT2D eigenvalue weighted by Crippen LogP contribution is 2.22. The summed E-state index contributed by atoms with van der Waals surface area (Å²) in [6.45, 7) is 1.07. The standard InChI is InChI=1S/C20H18F2N2O5/c1-12(25)23-16(10-13-6-3-2-4-7-13)17(26)20(21,22)19(29)24-15-9-5-8-14(11-15)18(27)28/h2-9,11,16H,10H2,1H3,(H,23,25)(H,24,29)(H,27,28). The van der Waals surface area contributed by atoms with Crippen LogP contribution in [0.5, 0.6) is 0 Å². The van der Waals surface area contributed by atoms with E-state index in [4.69, 9.17) is 5.11 Å². The molecule has 7 nitrogen and oxygen atoms in total. The Hall–Kier alpha value is -3.62. The van der Waals surface area contributed by atoms with E-state index in [2.05, 4.69) is 5.32 Å². The first-order valence-electron chi connectivity index (χ1n) is 8.49. The van der Waals surface area contributed by atoms with Gasteiger partial charge in [-0.05, 0) is 23.8 Å². The van der Waals surface area contributed by atoms with E-state index in [0.29, 0.717) is 5.56 Å². The summed E-state index contributed by atoms with van der Waals surface area (Å²) in [5, 5.41) is 12.9. The first kappa shape index (κ1) is 21.7. The summed E-state index contributed by atoms with van der Waals surface area (Å²) in [7, 11) is 0. The van der Waals surface area contributed by atoms with Gasteiger partial charge >= 0.3 is 17.8 Å². The molecule has 2 aromatic rings. The molecule has 0 fully saturated rings. The molecule has 2 rings (SSSR count). The fourth-order valence-electron chi connectivity index (χ4n) is 2.57. The molecule has 2 aromatic carbocycles. The van der Waals surface area contributed by atoms with Crippen molar-refractivity contribution in [3.8, 4) is 0 Å². The summed E-state index contributed by atoms with van der Waals surface area (Å²) in [5.41, 5.74) is 0.0872. The lowest BCUT2D eigenvalue weighted by Crippen LogP contribution is -2.53. The molecular formula is C20H18F2N2O5. The van der Waals surface area contributed by atoms with Crippen LogP contribution in [0.2, 0.25) is 0 Å². The van der Waals surface area contributed by atoms with Crippen molar-refractivity contribution in [2.45, 2.75) is 25.3 Å². The van der Waals surface area contributed by atoms with Crippen molar-refractivity contribution in [2.24, 2.45) is 0 Å². The third-order valence-corrected chi connectivity index (χ3v) is 3.94. The van der Waals surface area contributed by atoms with Crippen LogP contribution >= 0.6 is 0 Å². The molecule has 0 aromatic heterocycles. The number of benzene rings is 2. The number of carboxylic acids is 1. The molecule has 3 N–H and O–H groups in total. The van der Waals surface area contributed by atoms with E-state index >= 15 is 0 Å². The van der Waals surface area contributed by atoms with Crippen molar-refractivity contribution in [2.75, 3.05) is 5.32 Å². The van der Waals surface area contributed by atoms with Gasteiger partial charge in [0, 0.05) is 19.0 Å². The van der Waals surface area contributed by atoms with Crippen LogP contribution in [0, 0.1) is 0 Å². The Bertz CT molecular complexity index is 931. The first-order chi connectivity index (χ1) is 13.6. The number of nitrogens with one attached hydrogen (secondary N) is 2. The monoisotopic (exact) mass is 404 g/mol. The number of aromatic carboxylic acids is 1. The number of carboxylic acid groups (broad SMARTS) is 1. The van der Waals surface area contributed by atoms with Crippen molar-refractivity contribution in [1.29, 1.82) is 0 Å². The fraction of sp³-hybridized carbons (Fsp3) is 0.200. The minimum Gasteiger partial charge on any atom is -0.478 e. The molecule has 29 heavy (non-hydrogen) atoms. The number of amides is 2. The maximum atomic E-state index is 14.5. The molecular weight excluding hydrogens is 386 g/mol. The third kappa shape index (κ3) is 5.68. The van der Waals surface area contributed by atoms with Gasteiger partial charge in [-0.15, -0.1) is 0 Å². The average Bonchev–Trinajstić information content (AvgIpc) is 2.67. The molecule has 0 aliphatic heterocycles. The maximum Gasteiger partial charge on any atom is 0.383 e. The molecule has 152 valence electrons. The number of anilines is 1. The number of carbonyl (C=O) groups is 4. The highest BCUT2D eigenvalue weighted by Gasteiger charge is 2.50. The molecule has 0 radical (unpaired) electrons. The van der Waals surface area contributed by atoms with E-state index in [1.807, 2.05) is 5.32 Å². The van der Waals surface area contributed by atoms with Crippen LogP contribution < -0.4 is 10.6 Å². The zero-order valence-electron chi connectivity index (χ0n) is 15.3. The summed E-state index contributed by atoms with van der Waals surface area (Å²) in [6, 6.07) is 11.2. The summed E-state index contributed by atoms with van der Waals surface area (Å²) in [5.74, 6) is -10.2. The Morgan fingerprint density at radius 1 is 1.03 bits per heavy atom. The van der Waals surface area contributed by atoms with Gasteiger partial charge in [0.2, 0.25) is 11.7 Å². The highest BCUT2D eigenvalue weighted by molar-refractivity contribution is 6.15. The second kappa shape index (κ2) is 9.05. The van der Waals surface area contributed by atoms with E-state index in [9.17, 15) is 28.0 Å². The molecule has 0 spiro atoms. The summed E-state index contributed by atoms with van der Waals surface area (Å²) < 4.78 is 29.1. The predicted molar refractivity (Wildman–Crippen MR) is 99.7 cm³/mol. The largest absolute Gasteiger partial charge is 0.478 e. The van der Waals surface area contributed by atoms with Gasteiger partial charge in [-0.25, -0.2) is 4.79 Å². The number of carbonyl (C=O) groups excluding carboxylic acids is 3. The zero-order chi connectivity index (χ0) is 21.6. The van der Waals surface area contributed by atoms with Crippen molar-refractivity contribution in [3.63, 3.8) is 0 Å². The molecule has 0 heterocycles. The van der Waals surface area contributed by atoms with Gasteiger partial charge < -0.3 is 15.7 Å². The lowest BCUT2D eigenvalue weighted by atomic mass is 9.98. The molecule has 0 saturated heterocycles. The minimum absolute atomic E-state index is 0.207. The normalized spacial score (nSPS) is 12.0. The average molecular weight is 404 g/mol. The molecule has 0 bridgehead atoms. The number of hydrogen-bond donors (Lipinski definition) is 3. The Kier molecular flexibility index (Phi) is 6.76. The van der Waals surface area contributed by atoms with Crippen LogP contribution in [0.4, 0.5) is 14.5 Å². The number of alkyl halides is 2. The number of halogens is 2. The van der Waals surface area contributed by atoms with Gasteiger partial charge in [-0.1, -0.05) is 36.4 Å². The van der Waals surface area contributed by atoms with Crippen LogP contribution in [0.3, 0.4) is 0 Å². The van der Waals surface area contributed by atoms with Crippen LogP contribution in [0.15, 0.2) is 54.6 Å². The van der Waals surface area contributed by atoms with Gasteiger partial charge in [0.05, 0.1) is 11.6 Å². The summed E-state index contributed by atoms with van der Waals surface area (Å²) >= 11 is 0. The predicted octanol–water partition coefficient (Wildman–Crippen LogP) is 2.28. The fourth-order valence-corrected chi connectivity index (χ4v) is 2.57. The van der Waals surface area contributed by atoms with Crippen LogP contribution in [-0.4, -0.2) is 40.6 Å². The third-order valence-electron chi connectivity index (χ3n) is 3.94. The van der Waals surface area contributed by atoms with E-state index in [1.165, 1.54) is 18.2 Å². The van der Waals surface area contributed by atoms with Crippen molar-refractivity contribution >= 4 is 29.3 Å². The van der Waals surface area contributed by atoms with E-state index in [1.54, 1.807) is 30.3 Å². The van der Waals surface area contributed by atoms with Crippen LogP contribution in [0.1, 0.15) is 22.8 Å². The Labute approximate surface area is 164 Å². The molecule has 9 heteroatoms. The van der Waals surface area contributed by atoms with Crippen LogP contribution in [-0.2, 0) is 20.8 Å². The smallest absolute Gasteiger partial charge is 0.383 e. The lowest BCUT2D eigenvalue weighted by Gasteiger charge is -2.22. The molecule has 0 saturated carbocycles. The molecule has 0 aliphatic rings. The minimum atomic E-state index is -4.46. The molecule has 1 unspecified atom stereocenters. The lowest BCUT2D eigenvalue weighted by molar-refractivity contribution is -0.157. The van der Waals surface area contributed by atoms with E-state index in [-0.39, 0.29) is 17.7 Å². The Balaban J connectivity index is 2.21. The van der Waals surface area contributed by atoms with Crippen molar-refractivity contribution in [1.82, 2.24) is 5.32 Å². The molecule has 1 atom stereocenters. The second-order valence-corrected chi connectivity index (χ2v) is 6.22. The van der Waals surface area contributed by atoms with Gasteiger partial charge in [0.15, 0.2) is 0 Å². The summed E-state index contributed by atoms with van der Waals surface area (Å²) in [6.07, 6.45) is -0.226. The van der Waals surface area contributed by atoms with Gasteiger partial charge in [-0.2, -0.15) is 8.78 Å². The Morgan fingerprint density at radius 2 is 1.69 bits per heavy atom.